The van der Waals surface area contributed by atoms with Gasteiger partial charge in [0, 0.05) is 0 Å². The number of fused-ring (bicyclic) bond motifs is 1. The van der Waals surface area contributed by atoms with Crippen molar-refractivity contribution in [2.45, 2.75) is 0 Å². The van der Waals surface area contributed by atoms with Gasteiger partial charge in [-0.25, -0.2) is 9.37 Å². The SMILES string of the molecule is COc1cccc2c1nc(N)n2-c1ccc(F)c(C#N)c1. The number of methoxy groups -OCH3 is 1. The van der Waals surface area contributed by atoms with Gasteiger partial charge in [-0.3, -0.25) is 4.57 Å². The lowest BCUT2D eigenvalue weighted by Gasteiger charge is -2.07. The van der Waals surface area contributed by atoms with Crippen molar-refractivity contribution in [2.24, 2.45) is 0 Å². The Bertz CT molecular complexity index is 879. The average Bonchev–Trinajstić information content (AvgIpc) is 2.83. The van der Waals surface area contributed by atoms with Crippen LogP contribution < -0.4 is 10.5 Å². The van der Waals surface area contributed by atoms with Crippen LogP contribution in [0.4, 0.5) is 10.3 Å². The van der Waals surface area contributed by atoms with E-state index in [0.29, 0.717) is 17.0 Å². The van der Waals surface area contributed by atoms with E-state index in [1.54, 1.807) is 23.8 Å². The lowest BCUT2D eigenvalue weighted by atomic mass is 10.2. The molecule has 0 atom stereocenters. The second-order valence-corrected chi connectivity index (χ2v) is 4.41. The zero-order chi connectivity index (χ0) is 15.0. The lowest BCUT2D eigenvalue weighted by molar-refractivity contribution is 0.419. The predicted molar refractivity (Wildman–Crippen MR) is 76.7 cm³/mol. The van der Waals surface area contributed by atoms with E-state index in [9.17, 15) is 4.39 Å². The molecule has 0 fully saturated rings. The van der Waals surface area contributed by atoms with E-state index >= 15 is 0 Å². The lowest BCUT2D eigenvalue weighted by Crippen LogP contribution is -2.01. The predicted octanol–water partition coefficient (Wildman–Crippen LogP) is 2.63. The molecular formula is C15H11FN4O. The van der Waals surface area contributed by atoms with Crippen LogP contribution >= 0.6 is 0 Å². The van der Waals surface area contributed by atoms with Crippen LogP contribution in [0, 0.1) is 17.1 Å². The number of nitrogens with two attached hydrogens (primary N) is 1. The normalized spacial score (nSPS) is 10.5. The van der Waals surface area contributed by atoms with Crippen LogP contribution in [0.15, 0.2) is 36.4 Å². The maximum atomic E-state index is 13.4. The number of ether oxygens (including phenoxy) is 1. The Labute approximate surface area is 120 Å². The summed E-state index contributed by atoms with van der Waals surface area (Å²) in [6, 6.07) is 11.5. The summed E-state index contributed by atoms with van der Waals surface area (Å²) in [4.78, 5) is 4.28. The fourth-order valence-electron chi connectivity index (χ4n) is 2.27. The number of nitriles is 1. The summed E-state index contributed by atoms with van der Waals surface area (Å²) in [6.45, 7) is 0. The third-order valence-electron chi connectivity index (χ3n) is 3.22. The molecule has 3 rings (SSSR count). The monoisotopic (exact) mass is 282 g/mol. The number of imidazole rings is 1. The summed E-state index contributed by atoms with van der Waals surface area (Å²) >= 11 is 0. The molecule has 0 amide bonds. The summed E-state index contributed by atoms with van der Waals surface area (Å²) in [6.07, 6.45) is 0. The summed E-state index contributed by atoms with van der Waals surface area (Å²) in [5.41, 5.74) is 7.82. The van der Waals surface area contributed by atoms with E-state index in [1.807, 2.05) is 18.2 Å². The number of rotatable bonds is 2. The molecule has 104 valence electrons. The third-order valence-corrected chi connectivity index (χ3v) is 3.22. The molecule has 21 heavy (non-hydrogen) atoms. The van der Waals surface area contributed by atoms with Crippen molar-refractivity contribution >= 4 is 17.0 Å². The van der Waals surface area contributed by atoms with E-state index in [4.69, 9.17) is 15.7 Å². The Morgan fingerprint density at radius 2 is 2.14 bits per heavy atom. The van der Waals surface area contributed by atoms with Crippen molar-refractivity contribution in [1.82, 2.24) is 9.55 Å². The van der Waals surface area contributed by atoms with Crippen molar-refractivity contribution in [3.63, 3.8) is 0 Å². The number of benzene rings is 2. The highest BCUT2D eigenvalue weighted by atomic mass is 19.1. The Hall–Kier alpha value is -3.07. The number of aromatic nitrogens is 2. The van der Waals surface area contributed by atoms with Gasteiger partial charge in [0.15, 0.2) is 0 Å². The zero-order valence-electron chi connectivity index (χ0n) is 11.2. The number of hydrogen-bond acceptors (Lipinski definition) is 4. The fraction of sp³-hybridized carbons (Fsp3) is 0.0667. The van der Waals surface area contributed by atoms with Gasteiger partial charge in [-0.1, -0.05) is 6.07 Å². The maximum Gasteiger partial charge on any atom is 0.206 e. The van der Waals surface area contributed by atoms with Gasteiger partial charge in [0.05, 0.1) is 23.9 Å². The van der Waals surface area contributed by atoms with Crippen LogP contribution in [0.2, 0.25) is 0 Å². The summed E-state index contributed by atoms with van der Waals surface area (Å²) in [5.74, 6) is 0.271. The standard InChI is InChI=1S/C15H11FN4O/c1-21-13-4-2-3-12-14(13)19-15(18)20(12)10-5-6-11(16)9(7-10)8-17/h2-7H,1H3,(H2,18,19). The third kappa shape index (κ3) is 1.96. The first kappa shape index (κ1) is 12.9. The minimum atomic E-state index is -0.568. The van der Waals surface area contributed by atoms with Crippen molar-refractivity contribution in [1.29, 1.82) is 5.26 Å². The minimum Gasteiger partial charge on any atom is -0.494 e. The van der Waals surface area contributed by atoms with Gasteiger partial charge in [-0.2, -0.15) is 5.26 Å². The molecular weight excluding hydrogens is 271 g/mol. The quantitative estimate of drug-likeness (QED) is 0.783. The topological polar surface area (TPSA) is 76.9 Å². The molecule has 2 aromatic carbocycles. The fourth-order valence-corrected chi connectivity index (χ4v) is 2.27. The number of para-hydroxylation sites is 1. The van der Waals surface area contributed by atoms with Crippen LogP contribution in [-0.2, 0) is 0 Å². The molecule has 5 nitrogen and oxygen atoms in total. The first-order valence-electron chi connectivity index (χ1n) is 6.16. The van der Waals surface area contributed by atoms with Crippen LogP contribution in [0.25, 0.3) is 16.7 Å². The molecule has 1 aromatic heterocycles. The van der Waals surface area contributed by atoms with Crippen LogP contribution in [0.3, 0.4) is 0 Å². The molecule has 0 saturated carbocycles. The van der Waals surface area contributed by atoms with E-state index < -0.39 is 5.82 Å². The Kier molecular flexibility index (Phi) is 2.95. The second kappa shape index (κ2) is 4.80. The van der Waals surface area contributed by atoms with E-state index in [1.165, 1.54) is 12.1 Å². The molecule has 3 aromatic rings. The highest BCUT2D eigenvalue weighted by molar-refractivity contribution is 5.86. The van der Waals surface area contributed by atoms with E-state index in [0.717, 1.165) is 5.52 Å². The van der Waals surface area contributed by atoms with Gasteiger partial charge < -0.3 is 10.5 Å². The first-order chi connectivity index (χ1) is 10.2. The Morgan fingerprint density at radius 3 is 2.86 bits per heavy atom. The first-order valence-corrected chi connectivity index (χ1v) is 6.16. The molecule has 1 heterocycles. The van der Waals surface area contributed by atoms with Gasteiger partial charge >= 0.3 is 0 Å². The summed E-state index contributed by atoms with van der Waals surface area (Å²) in [7, 11) is 1.55. The molecule has 0 bridgehead atoms. The van der Waals surface area contributed by atoms with Gasteiger partial charge in [-0.05, 0) is 30.3 Å². The molecule has 0 radical (unpaired) electrons. The number of hydrogen-bond donors (Lipinski definition) is 1. The average molecular weight is 282 g/mol. The van der Waals surface area contributed by atoms with Crippen molar-refractivity contribution < 1.29 is 9.13 Å². The Morgan fingerprint density at radius 1 is 1.33 bits per heavy atom. The van der Waals surface area contributed by atoms with Crippen molar-refractivity contribution in [3.8, 4) is 17.5 Å². The van der Waals surface area contributed by atoms with E-state index in [2.05, 4.69) is 4.98 Å². The van der Waals surface area contributed by atoms with Crippen LogP contribution in [0.5, 0.6) is 5.75 Å². The molecule has 2 N–H and O–H groups in total. The smallest absolute Gasteiger partial charge is 0.206 e. The minimum absolute atomic E-state index is 0.0448. The molecule has 0 spiro atoms. The highest BCUT2D eigenvalue weighted by Crippen LogP contribution is 2.29. The molecule has 0 aliphatic carbocycles. The van der Waals surface area contributed by atoms with Gasteiger partial charge in [0.1, 0.15) is 23.2 Å². The largest absolute Gasteiger partial charge is 0.494 e. The molecule has 0 aliphatic rings. The second-order valence-electron chi connectivity index (χ2n) is 4.41. The molecule has 0 aliphatic heterocycles. The Balaban J connectivity index is 2.31. The number of halogens is 1. The molecule has 6 heteroatoms. The number of nitrogen functional groups attached to an aromatic ring is 1. The molecule has 0 saturated heterocycles. The summed E-state index contributed by atoms with van der Waals surface area (Å²) in [5, 5.41) is 8.94. The highest BCUT2D eigenvalue weighted by Gasteiger charge is 2.14. The molecule has 0 unspecified atom stereocenters. The van der Waals surface area contributed by atoms with Crippen LogP contribution in [0.1, 0.15) is 5.56 Å². The van der Waals surface area contributed by atoms with Gasteiger partial charge in [-0.15, -0.1) is 0 Å². The van der Waals surface area contributed by atoms with Gasteiger partial charge in [0.2, 0.25) is 5.95 Å². The number of nitrogens with zero attached hydrogens (tertiary/aromatic N) is 3. The zero-order valence-corrected chi connectivity index (χ0v) is 11.2. The van der Waals surface area contributed by atoms with Crippen LogP contribution in [-0.4, -0.2) is 16.7 Å². The maximum absolute atomic E-state index is 13.4. The number of anilines is 1. The van der Waals surface area contributed by atoms with E-state index in [-0.39, 0.29) is 11.5 Å². The van der Waals surface area contributed by atoms with Crippen molar-refractivity contribution in [2.75, 3.05) is 12.8 Å². The van der Waals surface area contributed by atoms with Gasteiger partial charge in [0.25, 0.3) is 0 Å². The van der Waals surface area contributed by atoms with Crippen molar-refractivity contribution in [3.05, 3.63) is 47.8 Å². The summed E-state index contributed by atoms with van der Waals surface area (Å²) < 4.78 is 20.3.